The highest BCUT2D eigenvalue weighted by Gasteiger charge is 2.47. The van der Waals surface area contributed by atoms with E-state index < -0.39 is 0 Å². The first-order valence-corrected chi connectivity index (χ1v) is 56.8. The molecule has 8 heterocycles. The lowest BCUT2D eigenvalue weighted by molar-refractivity contribution is 0.0633. The number of rotatable bonds is 64. The number of hydrogen-bond acceptors (Lipinski definition) is 23. The van der Waals surface area contributed by atoms with E-state index in [1.54, 1.807) is 0 Å². The van der Waals surface area contributed by atoms with Gasteiger partial charge in [0.2, 0.25) is 41.6 Å². The summed E-state index contributed by atoms with van der Waals surface area (Å²) in [6, 6.07) is 5.08. The van der Waals surface area contributed by atoms with Crippen LogP contribution in [0.1, 0.15) is 478 Å². The van der Waals surface area contributed by atoms with Gasteiger partial charge in [0.25, 0.3) is 0 Å². The van der Waals surface area contributed by atoms with E-state index in [4.69, 9.17) is 51.3 Å². The number of anilines is 7. The standard InChI is InChI=1S/C114H211N23.2H2/c1-30-39-66-131(67-40-31-2)98-115-96(116-99(119-98)132(68-41-32-3)69-42-33-4)64-56-48-50-58-74-129(91-81-105(10,11)124-106(12,13)82-91)76-60-52-54-62-79-136(94-87-111(22,23)127-112(24,25)88-94)103-118-97(117-102(123-103)135(78-47-38-9)93-85-109(18,19)126-110(20,21)86-93)65-57-49-51-59-75-130(92-83-107(14,15)125-108(16,17)84-92)77-61-53-55-63-80-137(95-89-113(26,27)128-114(28,29)90-95)104-121-100(133(70-43-34-5)71-44-35-6)120-101(122-104)134(72-45-36-7)73-46-37-8;;/h9,91-95,124-128H,30-37,39-46,48-77,79-90H2,1-8,10-29H3;2*1H. The van der Waals surface area contributed by atoms with Crippen LogP contribution in [0.2, 0.25) is 0 Å². The average molecular weight is 1910 g/mol. The fraction of sp³-hybridized carbons (Fsp3) is 0.886. The highest BCUT2D eigenvalue weighted by molar-refractivity contribution is 5.50. The summed E-state index contributed by atoms with van der Waals surface area (Å²) >= 11 is 0. The Labute approximate surface area is 844 Å². The lowest BCUT2D eigenvalue weighted by Crippen LogP contribution is -2.62. The molecule has 0 aromatic carbocycles. The predicted molar refractivity (Wildman–Crippen MR) is 592 cm³/mol. The largest absolute Gasteiger partial charge is 0.341 e. The van der Waals surface area contributed by atoms with E-state index in [-0.39, 0.29) is 70.3 Å². The van der Waals surface area contributed by atoms with Crippen molar-refractivity contribution >= 4 is 41.6 Å². The Kier molecular flexibility index (Phi) is 47.3. The first-order chi connectivity index (χ1) is 64.8. The van der Waals surface area contributed by atoms with Gasteiger partial charge in [0.15, 0.2) is 0 Å². The molecule has 0 saturated carbocycles. The van der Waals surface area contributed by atoms with E-state index in [0.29, 0.717) is 24.1 Å². The Morgan fingerprint density at radius 1 is 0.241 bits per heavy atom. The van der Waals surface area contributed by atoms with Crippen molar-refractivity contribution in [2.24, 2.45) is 0 Å². The van der Waals surface area contributed by atoms with Crippen LogP contribution < -0.4 is 60.9 Å². The fourth-order valence-corrected chi connectivity index (χ4v) is 24.9. The lowest BCUT2D eigenvalue weighted by Gasteiger charge is -2.50. The van der Waals surface area contributed by atoms with Gasteiger partial charge in [0.1, 0.15) is 11.6 Å². The average Bonchev–Trinajstić information content (AvgIpc) is 0.766. The second kappa shape index (κ2) is 55.5. The topological polar surface area (TPSA) is 205 Å². The number of nitrogens with one attached hydrogen (secondary N) is 5. The van der Waals surface area contributed by atoms with Gasteiger partial charge in [0.05, 0.1) is 0 Å². The maximum atomic E-state index is 6.11. The van der Waals surface area contributed by atoms with E-state index in [0.717, 1.165) is 370 Å². The van der Waals surface area contributed by atoms with Crippen LogP contribution in [0.5, 0.6) is 0 Å². The van der Waals surface area contributed by atoms with E-state index in [9.17, 15) is 0 Å². The molecule has 8 rings (SSSR count). The molecule has 3 aromatic heterocycles. The van der Waals surface area contributed by atoms with Crippen molar-refractivity contribution < 1.29 is 2.85 Å². The third-order valence-corrected chi connectivity index (χ3v) is 29.8. The quantitative estimate of drug-likeness (QED) is 0.0202. The maximum absolute atomic E-state index is 6.11. The Balaban J connectivity index is 0.0000148. The molecule has 137 heavy (non-hydrogen) atoms. The van der Waals surface area contributed by atoms with Gasteiger partial charge >= 0.3 is 0 Å². The summed E-state index contributed by atoms with van der Waals surface area (Å²) in [5.74, 6) is 13.5. The third kappa shape index (κ3) is 40.5. The molecule has 0 radical (unpaired) electrons. The summed E-state index contributed by atoms with van der Waals surface area (Å²) in [6.45, 7) is 80.4. The van der Waals surface area contributed by atoms with Gasteiger partial charge < -0.3 is 65.8 Å². The first kappa shape index (κ1) is 117. The SMILES string of the molecule is C#CC#CN(c1nc(CCCCCCN(CCCCCCN(c2nc(N(CCCC)CCCC)nc(N(CCCC)CCCC)n2)C2CC(C)(C)NC(C)(C)C2)C2CC(C)(C)NC(C)(C)C2)nc(N(CCCCCCN(CCCCCCc2nc(N(CCCC)CCCC)nc(N(CCCC)CCCC)n2)C2CC(C)(C)NC(C)(C)C2)C2CC(C)(C)NC(C)(C)C2)n1)C1CC(C)(C)NC(C)(C)C1.[HH].[HH]. The van der Waals surface area contributed by atoms with Gasteiger partial charge in [0, 0.05) is 179 Å². The smallest absolute Gasteiger partial charge is 0.242 e. The van der Waals surface area contributed by atoms with Crippen LogP contribution in [-0.4, -0.2) is 232 Å². The minimum atomic E-state index is -0.150. The fourth-order valence-electron chi connectivity index (χ4n) is 24.9. The van der Waals surface area contributed by atoms with Gasteiger partial charge in [-0.25, -0.2) is 0 Å². The van der Waals surface area contributed by atoms with Crippen molar-refractivity contribution in [3.63, 3.8) is 0 Å². The van der Waals surface area contributed by atoms with Crippen molar-refractivity contribution in [2.45, 2.75) is 562 Å². The molecule has 0 amide bonds. The zero-order valence-electron chi connectivity index (χ0n) is 94.0. The van der Waals surface area contributed by atoms with Crippen molar-refractivity contribution in [3.8, 4) is 24.3 Å². The molecule has 5 N–H and O–H groups in total. The van der Waals surface area contributed by atoms with Crippen LogP contribution in [0.15, 0.2) is 0 Å². The molecule has 5 fully saturated rings. The minimum Gasteiger partial charge on any atom is -0.341 e. The van der Waals surface area contributed by atoms with Gasteiger partial charge in [-0.05, 0) is 338 Å². The molecule has 3 aromatic rings. The van der Waals surface area contributed by atoms with Crippen LogP contribution in [0.25, 0.3) is 0 Å². The second-order valence-electron chi connectivity index (χ2n) is 49.9. The number of hydrogen-bond donors (Lipinski definition) is 5. The number of terminal acetylenes is 1. The van der Waals surface area contributed by atoms with Crippen LogP contribution in [0.4, 0.5) is 41.6 Å². The molecule has 0 unspecified atom stereocenters. The molecule has 0 atom stereocenters. The van der Waals surface area contributed by atoms with Crippen LogP contribution in [0, 0.1) is 24.3 Å². The number of piperidine rings is 5. The van der Waals surface area contributed by atoms with Crippen molar-refractivity contribution in [1.82, 2.24) is 81.2 Å². The molecule has 0 aliphatic carbocycles. The molecule has 23 nitrogen and oxygen atoms in total. The third-order valence-electron chi connectivity index (χ3n) is 29.8. The summed E-state index contributed by atoms with van der Waals surface area (Å²) in [5, 5.41) is 20.1. The number of aromatic nitrogens is 9. The normalized spacial score (nSPS) is 19.5. The highest BCUT2D eigenvalue weighted by Crippen LogP contribution is 2.41. The molecular weight excluding hydrogens is 1690 g/mol. The van der Waals surface area contributed by atoms with E-state index in [1.165, 1.54) is 51.4 Å². The Morgan fingerprint density at radius 3 is 0.708 bits per heavy atom. The summed E-state index contributed by atoms with van der Waals surface area (Å²) < 4.78 is 0. The second-order valence-corrected chi connectivity index (χ2v) is 49.9. The van der Waals surface area contributed by atoms with E-state index >= 15 is 0 Å². The lowest BCUT2D eigenvalue weighted by atomic mass is 9.79. The van der Waals surface area contributed by atoms with Crippen molar-refractivity contribution in [2.75, 3.05) is 126 Å². The summed E-state index contributed by atoms with van der Waals surface area (Å²) in [6.07, 6.45) is 54.7. The predicted octanol–water partition coefficient (Wildman–Crippen LogP) is 24.3. The Bertz CT molecular complexity index is 3860. The summed E-state index contributed by atoms with van der Waals surface area (Å²) in [5.41, 5.74) is -0.343. The number of unbranched alkanes of at least 4 members (excludes halogenated alkanes) is 20. The van der Waals surface area contributed by atoms with Crippen LogP contribution in [0.3, 0.4) is 0 Å². The molecule has 5 saturated heterocycles. The Morgan fingerprint density at radius 2 is 0.445 bits per heavy atom. The van der Waals surface area contributed by atoms with E-state index in [2.05, 4.69) is 282 Å². The number of aryl methyl sites for hydroxylation is 2. The molecule has 23 heteroatoms. The molecule has 5 aliphatic rings. The monoisotopic (exact) mass is 1910 g/mol. The zero-order chi connectivity index (χ0) is 100. The van der Waals surface area contributed by atoms with Crippen LogP contribution in [-0.2, 0) is 12.8 Å². The van der Waals surface area contributed by atoms with Crippen molar-refractivity contribution in [3.05, 3.63) is 11.6 Å². The van der Waals surface area contributed by atoms with Crippen molar-refractivity contribution in [1.29, 1.82) is 0 Å². The van der Waals surface area contributed by atoms with Gasteiger partial charge in [-0.3, -0.25) is 4.90 Å². The number of nitrogens with zero attached hydrogens (tertiary/aromatic N) is 18. The minimum absolute atomic E-state index is 0. The maximum Gasteiger partial charge on any atom is 0.242 e. The van der Waals surface area contributed by atoms with E-state index in [1.807, 2.05) is 0 Å². The zero-order valence-corrected chi connectivity index (χ0v) is 94.0. The summed E-state index contributed by atoms with van der Waals surface area (Å²) in [4.78, 5) is 72.7. The van der Waals surface area contributed by atoms with Gasteiger partial charge in [-0.2, -0.15) is 44.9 Å². The highest BCUT2D eigenvalue weighted by atomic mass is 15.4. The first-order valence-electron chi connectivity index (χ1n) is 56.8. The molecule has 5 aliphatic heterocycles. The molecular formula is C114H215N23. The van der Waals surface area contributed by atoms with Gasteiger partial charge in [-0.1, -0.05) is 158 Å². The molecule has 0 spiro atoms. The molecule has 0 bridgehead atoms. The molecule has 786 valence electrons. The summed E-state index contributed by atoms with van der Waals surface area (Å²) in [7, 11) is 0. The van der Waals surface area contributed by atoms with Gasteiger partial charge in [-0.15, -0.1) is 6.42 Å². The van der Waals surface area contributed by atoms with Crippen LogP contribution >= 0.6 is 0 Å². The Hall–Kier alpha value is -5.53.